The molecule has 3 rings (SSSR count). The quantitative estimate of drug-likeness (QED) is 0.815. The van der Waals surface area contributed by atoms with Crippen LogP contribution < -0.4 is 0 Å². The molecule has 134 valence electrons. The summed E-state index contributed by atoms with van der Waals surface area (Å²) in [7, 11) is -6.84. The molecule has 24 heavy (non-hydrogen) atoms. The van der Waals surface area contributed by atoms with E-state index in [1.54, 1.807) is 19.1 Å². The Bertz CT molecular complexity index is 818. The Hall–Kier alpha value is -0.920. The highest BCUT2D eigenvalue weighted by Crippen LogP contribution is 2.33. The Kier molecular flexibility index (Phi) is 4.79. The van der Waals surface area contributed by atoms with Gasteiger partial charge in [0.15, 0.2) is 9.84 Å². The van der Waals surface area contributed by atoms with Crippen LogP contribution >= 0.6 is 0 Å². The lowest BCUT2D eigenvalue weighted by Gasteiger charge is -2.40. The third-order valence-electron chi connectivity index (χ3n) is 5.26. The van der Waals surface area contributed by atoms with Crippen LogP contribution in [-0.2, 0) is 19.9 Å². The first-order chi connectivity index (χ1) is 11.2. The summed E-state index contributed by atoms with van der Waals surface area (Å²) in [6, 6.07) is 5.33. The van der Waals surface area contributed by atoms with Gasteiger partial charge in [-0.2, -0.15) is 4.31 Å². The van der Waals surface area contributed by atoms with E-state index in [1.165, 1.54) is 4.31 Å². The second-order valence-electron chi connectivity index (χ2n) is 7.06. The van der Waals surface area contributed by atoms with Crippen molar-refractivity contribution < 1.29 is 16.8 Å². The summed E-state index contributed by atoms with van der Waals surface area (Å²) in [6.45, 7) is 3.80. The topological polar surface area (TPSA) is 71.5 Å². The Morgan fingerprint density at radius 1 is 0.917 bits per heavy atom. The van der Waals surface area contributed by atoms with Gasteiger partial charge in [-0.1, -0.05) is 31.4 Å². The van der Waals surface area contributed by atoms with E-state index in [1.807, 2.05) is 13.0 Å². The lowest BCUT2D eigenvalue weighted by molar-refractivity contribution is 0.306. The number of rotatable bonds is 4. The van der Waals surface area contributed by atoms with Crippen molar-refractivity contribution >= 4 is 19.9 Å². The Labute approximate surface area is 145 Å². The Balaban J connectivity index is 1.74. The van der Waals surface area contributed by atoms with Gasteiger partial charge >= 0.3 is 0 Å². The minimum absolute atomic E-state index is 0.0918. The van der Waals surface area contributed by atoms with Crippen molar-refractivity contribution in [3.8, 4) is 0 Å². The van der Waals surface area contributed by atoms with Crippen LogP contribution in [0.2, 0.25) is 0 Å². The summed E-state index contributed by atoms with van der Waals surface area (Å²) >= 11 is 0. The van der Waals surface area contributed by atoms with E-state index >= 15 is 0 Å². The van der Waals surface area contributed by atoms with E-state index in [-0.39, 0.29) is 23.2 Å². The van der Waals surface area contributed by atoms with Crippen LogP contribution in [-0.4, -0.2) is 44.7 Å². The van der Waals surface area contributed by atoms with Crippen molar-refractivity contribution in [1.29, 1.82) is 0 Å². The maximum Gasteiger partial charge on any atom is 0.243 e. The molecule has 1 aromatic rings. The standard InChI is InChI=1S/C17H25NO4S2/c1-13-8-9-14(2)17(10-13)24(21,22)18-11-16(12-18)23(19,20)15-6-4-3-5-7-15/h8-10,15-16H,3-7,11-12H2,1-2H3. The third kappa shape index (κ3) is 3.13. The molecule has 0 amide bonds. The average Bonchev–Trinajstić information content (AvgIpc) is 2.48. The number of sulfonamides is 1. The van der Waals surface area contributed by atoms with Gasteiger partial charge in [-0.15, -0.1) is 0 Å². The van der Waals surface area contributed by atoms with Crippen molar-refractivity contribution in [2.24, 2.45) is 0 Å². The van der Waals surface area contributed by atoms with Crippen molar-refractivity contribution in [3.05, 3.63) is 29.3 Å². The third-order valence-corrected chi connectivity index (χ3v) is 9.86. The van der Waals surface area contributed by atoms with E-state index in [9.17, 15) is 16.8 Å². The maximum atomic E-state index is 12.8. The maximum absolute atomic E-state index is 12.8. The molecule has 1 saturated carbocycles. The number of hydrogen-bond acceptors (Lipinski definition) is 4. The lowest BCUT2D eigenvalue weighted by atomic mass is 10.0. The molecule has 0 N–H and O–H groups in total. The first kappa shape index (κ1) is 17.9. The summed E-state index contributed by atoms with van der Waals surface area (Å²) in [5, 5.41) is -0.817. The first-order valence-corrected chi connectivity index (χ1v) is 11.6. The number of benzene rings is 1. The zero-order valence-corrected chi connectivity index (χ0v) is 15.9. The summed E-state index contributed by atoms with van der Waals surface area (Å²) in [5.74, 6) is 0. The molecule has 0 spiro atoms. The van der Waals surface area contributed by atoms with Gasteiger partial charge in [0, 0.05) is 13.1 Å². The van der Waals surface area contributed by atoms with Crippen LogP contribution in [0.5, 0.6) is 0 Å². The van der Waals surface area contributed by atoms with Gasteiger partial charge in [0.2, 0.25) is 10.0 Å². The van der Waals surface area contributed by atoms with Crippen LogP contribution in [0, 0.1) is 13.8 Å². The average molecular weight is 372 g/mol. The lowest BCUT2D eigenvalue weighted by Crippen LogP contribution is -2.58. The van der Waals surface area contributed by atoms with E-state index < -0.39 is 25.1 Å². The second kappa shape index (κ2) is 6.42. The van der Waals surface area contributed by atoms with Crippen LogP contribution in [0.3, 0.4) is 0 Å². The van der Waals surface area contributed by atoms with Gasteiger partial charge < -0.3 is 0 Å². The normalized spacial score (nSPS) is 21.6. The molecule has 0 bridgehead atoms. The number of hydrogen-bond donors (Lipinski definition) is 0. The molecule has 7 heteroatoms. The molecule has 1 aliphatic carbocycles. The molecule has 1 heterocycles. The predicted molar refractivity (Wildman–Crippen MR) is 94.3 cm³/mol. The Morgan fingerprint density at radius 2 is 1.54 bits per heavy atom. The number of aryl methyl sites for hydroxylation is 2. The fraction of sp³-hybridized carbons (Fsp3) is 0.647. The first-order valence-electron chi connectivity index (χ1n) is 8.53. The van der Waals surface area contributed by atoms with Gasteiger partial charge in [0.05, 0.1) is 15.4 Å². The number of sulfone groups is 1. The molecule has 0 unspecified atom stereocenters. The fourth-order valence-electron chi connectivity index (χ4n) is 3.59. The van der Waals surface area contributed by atoms with Crippen LogP contribution in [0.15, 0.2) is 23.1 Å². The highest BCUT2D eigenvalue weighted by Gasteiger charge is 2.46. The predicted octanol–water partition coefficient (Wildman–Crippen LogP) is 2.42. The molecule has 1 aliphatic heterocycles. The zero-order valence-electron chi connectivity index (χ0n) is 14.2. The zero-order chi connectivity index (χ0) is 17.5. The summed E-state index contributed by atoms with van der Waals surface area (Å²) in [5.41, 5.74) is 1.57. The molecule has 0 aromatic heterocycles. The van der Waals surface area contributed by atoms with Crippen molar-refractivity contribution in [1.82, 2.24) is 4.31 Å². The summed E-state index contributed by atoms with van der Waals surface area (Å²) in [4.78, 5) is 0.288. The highest BCUT2D eigenvalue weighted by molar-refractivity contribution is 7.93. The fourth-order valence-corrected chi connectivity index (χ4v) is 7.93. The van der Waals surface area contributed by atoms with E-state index in [0.29, 0.717) is 5.56 Å². The molecule has 5 nitrogen and oxygen atoms in total. The van der Waals surface area contributed by atoms with Gasteiger partial charge in [-0.05, 0) is 43.9 Å². The molecular formula is C17H25NO4S2. The minimum atomic E-state index is -3.61. The molecule has 0 atom stereocenters. The minimum Gasteiger partial charge on any atom is -0.228 e. The largest absolute Gasteiger partial charge is 0.243 e. The SMILES string of the molecule is Cc1ccc(C)c(S(=O)(=O)N2CC(S(=O)(=O)C3CCCCC3)C2)c1. The molecule has 1 saturated heterocycles. The molecular weight excluding hydrogens is 346 g/mol. The molecule has 0 radical (unpaired) electrons. The monoisotopic (exact) mass is 371 g/mol. The van der Waals surface area contributed by atoms with Crippen molar-refractivity contribution in [2.75, 3.05) is 13.1 Å². The van der Waals surface area contributed by atoms with Crippen LogP contribution in [0.1, 0.15) is 43.2 Å². The molecule has 2 aliphatic rings. The van der Waals surface area contributed by atoms with Gasteiger partial charge in [0.25, 0.3) is 0 Å². The smallest absolute Gasteiger partial charge is 0.228 e. The Morgan fingerprint density at radius 3 is 2.17 bits per heavy atom. The van der Waals surface area contributed by atoms with Crippen LogP contribution in [0.4, 0.5) is 0 Å². The van der Waals surface area contributed by atoms with Crippen molar-refractivity contribution in [3.63, 3.8) is 0 Å². The van der Waals surface area contributed by atoms with E-state index in [4.69, 9.17) is 0 Å². The van der Waals surface area contributed by atoms with Gasteiger partial charge in [-0.3, -0.25) is 0 Å². The molecule has 2 fully saturated rings. The summed E-state index contributed by atoms with van der Waals surface area (Å²) < 4.78 is 52.2. The number of nitrogens with zero attached hydrogens (tertiary/aromatic N) is 1. The van der Waals surface area contributed by atoms with E-state index in [2.05, 4.69) is 0 Å². The summed E-state index contributed by atoms with van der Waals surface area (Å²) in [6.07, 6.45) is 4.47. The van der Waals surface area contributed by atoms with E-state index in [0.717, 1.165) is 37.7 Å². The van der Waals surface area contributed by atoms with Gasteiger partial charge in [-0.25, -0.2) is 16.8 Å². The second-order valence-corrected chi connectivity index (χ2v) is 11.5. The van der Waals surface area contributed by atoms with Crippen molar-refractivity contribution in [2.45, 2.75) is 61.3 Å². The van der Waals surface area contributed by atoms with Gasteiger partial charge in [0.1, 0.15) is 0 Å². The molecule has 1 aromatic carbocycles. The van der Waals surface area contributed by atoms with Crippen LogP contribution in [0.25, 0.3) is 0 Å². The highest BCUT2D eigenvalue weighted by atomic mass is 32.2.